The Morgan fingerprint density at radius 2 is 2.00 bits per heavy atom. The summed E-state index contributed by atoms with van der Waals surface area (Å²) in [5, 5.41) is 29.7. The second kappa shape index (κ2) is 7.76. The first-order chi connectivity index (χ1) is 12.8. The summed E-state index contributed by atoms with van der Waals surface area (Å²) in [6, 6.07) is 4.04. The van der Waals surface area contributed by atoms with Crippen molar-refractivity contribution < 1.29 is 28.3 Å². The van der Waals surface area contributed by atoms with Gasteiger partial charge in [-0.15, -0.1) is 0 Å². The van der Waals surface area contributed by atoms with Crippen LogP contribution in [0.2, 0.25) is 0 Å². The van der Waals surface area contributed by atoms with Crippen LogP contribution in [0.4, 0.5) is 4.79 Å². The number of rotatable bonds is 7. The highest BCUT2D eigenvalue weighted by atomic mass is 32.2. The number of nitrogens with one attached hydrogen (secondary N) is 1. The monoisotopic (exact) mass is 399 g/mol. The first kappa shape index (κ1) is 19.5. The number of aromatic amines is 1. The Morgan fingerprint density at radius 3 is 2.63 bits per heavy atom. The van der Waals surface area contributed by atoms with Gasteiger partial charge in [-0.2, -0.15) is 20.4 Å². The molecule has 2 aromatic rings. The lowest BCUT2D eigenvalue weighted by atomic mass is 10.3. The van der Waals surface area contributed by atoms with Gasteiger partial charge in [0.15, 0.2) is 0 Å². The number of H-pyrrole nitrogens is 1. The van der Waals surface area contributed by atoms with E-state index in [1.165, 1.54) is 25.1 Å². The molecule has 1 aromatic heterocycles. The lowest BCUT2D eigenvalue weighted by molar-refractivity contribution is -0.230. The highest BCUT2D eigenvalue weighted by Gasteiger charge is 2.38. The third kappa shape index (κ3) is 4.18. The minimum Gasteiger partial charge on any atom is -0.464 e. The summed E-state index contributed by atoms with van der Waals surface area (Å²) >= 11 is 0. The minimum absolute atomic E-state index is 0.196. The molecule has 0 aliphatic heterocycles. The van der Waals surface area contributed by atoms with Crippen molar-refractivity contribution in [2.75, 3.05) is 6.54 Å². The second-order valence-electron chi connectivity index (χ2n) is 6.41. The summed E-state index contributed by atoms with van der Waals surface area (Å²) in [6.07, 6.45) is -0.0947. The van der Waals surface area contributed by atoms with E-state index in [9.17, 15) is 23.4 Å². The molecule has 0 bridgehead atoms. The molecule has 148 valence electrons. The van der Waals surface area contributed by atoms with Crippen LogP contribution in [0.3, 0.4) is 0 Å². The molecule has 1 unspecified atom stereocenters. The molecule has 0 saturated heterocycles. The Bertz CT molecular complexity index is 908. The number of amides is 1. The molecule has 0 radical (unpaired) electrons. The number of fused-ring (bicyclic) bond motifs is 1. The molecule has 1 fully saturated rings. The number of hydrogen-bond donors (Lipinski definition) is 3. The normalized spacial score (nSPS) is 16.9. The van der Waals surface area contributed by atoms with Crippen molar-refractivity contribution in [2.45, 2.75) is 49.7 Å². The van der Waals surface area contributed by atoms with Crippen LogP contribution in [0.15, 0.2) is 23.1 Å². The van der Waals surface area contributed by atoms with Crippen molar-refractivity contribution in [3.63, 3.8) is 0 Å². The van der Waals surface area contributed by atoms with Gasteiger partial charge in [0.2, 0.25) is 0 Å². The molecule has 0 spiro atoms. The number of hydrazine groups is 1. The average Bonchev–Trinajstić information content (AvgIpc) is 3.27. The number of sulfonamides is 1. The third-order valence-corrected chi connectivity index (χ3v) is 5.73. The number of hydrogen-bond acceptors (Lipinski definition) is 7. The molecule has 1 aliphatic rings. The fourth-order valence-corrected chi connectivity index (χ4v) is 4.21. The SMILES string of the molecule is CC(O)CN(C(=O)O)N(OC1CCCC1)S(=O)(=O)c1ccc2n[nH]nc2c1. The van der Waals surface area contributed by atoms with Crippen molar-refractivity contribution in [2.24, 2.45) is 0 Å². The molecule has 11 nitrogen and oxygen atoms in total. The molecular formula is C15H21N5O6S. The molecule has 1 aliphatic carbocycles. The van der Waals surface area contributed by atoms with Gasteiger partial charge < -0.3 is 10.2 Å². The molecule has 27 heavy (non-hydrogen) atoms. The Hall–Kier alpha value is -2.28. The lowest BCUT2D eigenvalue weighted by Crippen LogP contribution is -2.52. The van der Waals surface area contributed by atoms with Crippen LogP contribution in [-0.2, 0) is 14.9 Å². The van der Waals surface area contributed by atoms with E-state index < -0.39 is 34.9 Å². The summed E-state index contributed by atoms with van der Waals surface area (Å²) in [7, 11) is -4.38. The van der Waals surface area contributed by atoms with Gasteiger partial charge in [-0.3, -0.25) is 4.84 Å². The zero-order valence-corrected chi connectivity index (χ0v) is 15.5. The van der Waals surface area contributed by atoms with Gasteiger partial charge in [0, 0.05) is 4.58 Å². The van der Waals surface area contributed by atoms with E-state index in [-0.39, 0.29) is 4.90 Å². The first-order valence-electron chi connectivity index (χ1n) is 8.50. The summed E-state index contributed by atoms with van der Waals surface area (Å²) in [5.74, 6) is 0. The van der Waals surface area contributed by atoms with Crippen molar-refractivity contribution in [1.29, 1.82) is 0 Å². The van der Waals surface area contributed by atoms with Crippen LogP contribution in [0, 0.1) is 0 Å². The largest absolute Gasteiger partial charge is 0.464 e. The number of aliphatic hydroxyl groups is 1. The number of aromatic nitrogens is 3. The zero-order valence-electron chi connectivity index (χ0n) is 14.6. The highest BCUT2D eigenvalue weighted by molar-refractivity contribution is 7.89. The maximum Gasteiger partial charge on any atom is 0.424 e. The zero-order chi connectivity index (χ0) is 19.6. The number of benzene rings is 1. The quantitative estimate of drug-likeness (QED) is 0.586. The van der Waals surface area contributed by atoms with Crippen LogP contribution in [0.5, 0.6) is 0 Å². The molecule has 3 N–H and O–H groups in total. The van der Waals surface area contributed by atoms with Gasteiger partial charge in [-0.1, -0.05) is 12.8 Å². The predicted molar refractivity (Wildman–Crippen MR) is 92.7 cm³/mol. The van der Waals surface area contributed by atoms with Gasteiger partial charge in [-0.25, -0.2) is 13.2 Å². The number of carbonyl (C=O) groups is 1. The molecule has 1 saturated carbocycles. The Morgan fingerprint density at radius 1 is 1.33 bits per heavy atom. The molecule has 1 amide bonds. The number of nitrogens with zero attached hydrogens (tertiary/aromatic N) is 4. The summed E-state index contributed by atoms with van der Waals surface area (Å²) < 4.78 is 26.7. The average molecular weight is 399 g/mol. The van der Waals surface area contributed by atoms with Crippen LogP contribution >= 0.6 is 0 Å². The smallest absolute Gasteiger partial charge is 0.424 e. The van der Waals surface area contributed by atoms with Crippen LogP contribution in [0.25, 0.3) is 11.0 Å². The summed E-state index contributed by atoms with van der Waals surface area (Å²) in [4.78, 5) is 17.1. The Balaban J connectivity index is 2.01. The van der Waals surface area contributed by atoms with E-state index in [0.29, 0.717) is 33.5 Å². The van der Waals surface area contributed by atoms with Crippen LogP contribution in [-0.4, -0.2) is 68.5 Å². The molecule has 3 rings (SSSR count). The van der Waals surface area contributed by atoms with Gasteiger partial charge in [0.25, 0.3) is 10.0 Å². The fraction of sp³-hybridized carbons (Fsp3) is 0.533. The molecular weight excluding hydrogens is 378 g/mol. The van der Waals surface area contributed by atoms with Crippen molar-refractivity contribution in [3.8, 4) is 0 Å². The summed E-state index contributed by atoms with van der Waals surface area (Å²) in [5.41, 5.74) is 0.783. The van der Waals surface area contributed by atoms with Gasteiger partial charge in [0.05, 0.1) is 23.6 Å². The van der Waals surface area contributed by atoms with E-state index in [2.05, 4.69) is 15.4 Å². The highest BCUT2D eigenvalue weighted by Crippen LogP contribution is 2.27. The molecule has 12 heteroatoms. The second-order valence-corrected chi connectivity index (χ2v) is 8.15. The Labute approximate surface area is 155 Å². The van der Waals surface area contributed by atoms with E-state index in [1.54, 1.807) is 0 Å². The molecule has 1 aromatic carbocycles. The van der Waals surface area contributed by atoms with Gasteiger partial charge >= 0.3 is 6.09 Å². The Kier molecular flexibility index (Phi) is 5.60. The van der Waals surface area contributed by atoms with Gasteiger partial charge in [-0.05, 0) is 38.0 Å². The maximum absolute atomic E-state index is 13.2. The van der Waals surface area contributed by atoms with Gasteiger partial charge in [0.1, 0.15) is 11.0 Å². The van der Waals surface area contributed by atoms with E-state index in [4.69, 9.17) is 4.84 Å². The number of carboxylic acid groups (broad SMARTS) is 1. The third-order valence-electron chi connectivity index (χ3n) is 4.19. The van der Waals surface area contributed by atoms with Crippen LogP contribution < -0.4 is 0 Å². The summed E-state index contributed by atoms with van der Waals surface area (Å²) in [6.45, 7) is 0.894. The van der Waals surface area contributed by atoms with Crippen molar-refractivity contribution in [1.82, 2.24) is 25.0 Å². The fourth-order valence-electron chi connectivity index (χ4n) is 2.90. The predicted octanol–water partition coefficient (Wildman–Crippen LogP) is 1.10. The van der Waals surface area contributed by atoms with Crippen molar-refractivity contribution in [3.05, 3.63) is 18.2 Å². The lowest BCUT2D eigenvalue weighted by Gasteiger charge is -2.32. The van der Waals surface area contributed by atoms with E-state index >= 15 is 0 Å². The molecule has 1 heterocycles. The number of aliphatic hydroxyl groups excluding tert-OH is 1. The van der Waals surface area contributed by atoms with Crippen molar-refractivity contribution >= 4 is 27.1 Å². The van der Waals surface area contributed by atoms with Crippen LogP contribution in [0.1, 0.15) is 32.6 Å². The topological polar surface area (TPSA) is 149 Å². The molecule has 1 atom stereocenters. The van der Waals surface area contributed by atoms with E-state index in [1.807, 2.05) is 0 Å². The standard InChI is InChI=1S/C15H21N5O6S/c1-10(21)9-19(15(22)23)20(26-11-4-2-3-5-11)27(24,25)12-6-7-13-14(8-12)17-18-16-13/h6-8,10-11,21H,2-5,9H2,1H3,(H,22,23)(H,16,17,18). The first-order valence-corrected chi connectivity index (χ1v) is 9.94. The minimum atomic E-state index is -4.38. The maximum atomic E-state index is 13.2. The van der Waals surface area contributed by atoms with E-state index in [0.717, 1.165) is 12.8 Å².